The molecule has 0 aromatic heterocycles. The van der Waals surface area contributed by atoms with Crippen LogP contribution in [0.25, 0.3) is 0 Å². The minimum Gasteiger partial charge on any atom is -0.344 e. The van der Waals surface area contributed by atoms with Crippen LogP contribution in [-0.2, 0) is 16.1 Å². The number of carbonyl (C=O) groups excluding carboxylic acids is 3. The van der Waals surface area contributed by atoms with Gasteiger partial charge in [0.25, 0.3) is 5.91 Å². The number of halogens is 1. The van der Waals surface area contributed by atoms with Gasteiger partial charge in [-0.25, -0.2) is 0 Å². The molecule has 0 unspecified atom stereocenters. The highest BCUT2D eigenvalue weighted by Gasteiger charge is 2.32. The number of nitrogens with one attached hydrogen (secondary N) is 1. The Bertz CT molecular complexity index is 807. The van der Waals surface area contributed by atoms with Crippen LogP contribution in [0.1, 0.15) is 22.3 Å². The van der Waals surface area contributed by atoms with E-state index in [0.29, 0.717) is 23.7 Å². The van der Waals surface area contributed by atoms with Gasteiger partial charge in [0.15, 0.2) is 0 Å². The maximum Gasteiger partial charge on any atom is 0.292 e. The van der Waals surface area contributed by atoms with Crippen LogP contribution < -0.4 is 5.32 Å². The molecule has 1 saturated heterocycles. The van der Waals surface area contributed by atoms with Crippen molar-refractivity contribution < 1.29 is 14.4 Å². The molecule has 0 aliphatic carbocycles. The predicted molar refractivity (Wildman–Crippen MR) is 94.2 cm³/mol. The summed E-state index contributed by atoms with van der Waals surface area (Å²) in [4.78, 5) is 38.0. The van der Waals surface area contributed by atoms with Crippen LogP contribution in [0.3, 0.4) is 0 Å². The molecule has 25 heavy (non-hydrogen) atoms. The summed E-state index contributed by atoms with van der Waals surface area (Å²) in [5, 5.41) is 3.25. The Labute approximate surface area is 150 Å². The fourth-order valence-corrected chi connectivity index (χ4v) is 3.02. The molecule has 0 radical (unpaired) electrons. The second-order valence-corrected chi connectivity index (χ2v) is 6.34. The van der Waals surface area contributed by atoms with E-state index in [1.165, 1.54) is 0 Å². The molecule has 3 rings (SSSR count). The van der Waals surface area contributed by atoms with Crippen molar-refractivity contribution in [1.29, 1.82) is 0 Å². The monoisotopic (exact) mass is 356 g/mol. The molecule has 6 heteroatoms. The predicted octanol–water partition coefficient (Wildman–Crippen LogP) is 2.44. The van der Waals surface area contributed by atoms with Crippen LogP contribution in [0.2, 0.25) is 5.02 Å². The fourth-order valence-electron chi connectivity index (χ4n) is 2.83. The summed E-state index contributed by atoms with van der Waals surface area (Å²) >= 11 is 6.13. The molecule has 1 aliphatic rings. The third-order valence-corrected chi connectivity index (χ3v) is 4.48. The van der Waals surface area contributed by atoms with E-state index in [9.17, 15) is 14.4 Å². The van der Waals surface area contributed by atoms with Crippen molar-refractivity contribution in [2.75, 3.05) is 6.54 Å². The second-order valence-electron chi connectivity index (χ2n) is 5.94. The van der Waals surface area contributed by atoms with E-state index in [1.807, 2.05) is 18.2 Å². The Morgan fingerprint density at radius 3 is 2.48 bits per heavy atom. The van der Waals surface area contributed by atoms with Gasteiger partial charge in [0, 0.05) is 30.1 Å². The van der Waals surface area contributed by atoms with Crippen molar-refractivity contribution in [2.45, 2.75) is 19.0 Å². The molecule has 5 nitrogen and oxygen atoms in total. The van der Waals surface area contributed by atoms with Crippen LogP contribution in [0.5, 0.6) is 0 Å². The van der Waals surface area contributed by atoms with Crippen molar-refractivity contribution >= 4 is 29.2 Å². The third-order valence-electron chi connectivity index (χ3n) is 4.11. The maximum atomic E-state index is 12.2. The summed E-state index contributed by atoms with van der Waals surface area (Å²) in [5.74, 6) is -1.36. The molecule has 1 atom stereocenters. The quantitative estimate of drug-likeness (QED) is 0.661. The lowest BCUT2D eigenvalue weighted by molar-refractivity contribution is -0.128. The van der Waals surface area contributed by atoms with Crippen molar-refractivity contribution in [1.82, 2.24) is 10.2 Å². The highest BCUT2D eigenvalue weighted by molar-refractivity contribution is 6.42. The van der Waals surface area contributed by atoms with Crippen LogP contribution in [-0.4, -0.2) is 35.1 Å². The maximum absolute atomic E-state index is 12.2. The number of benzene rings is 2. The van der Waals surface area contributed by atoms with E-state index in [1.54, 1.807) is 41.3 Å². The average molecular weight is 357 g/mol. The number of ketones is 1. The first kappa shape index (κ1) is 17.2. The number of rotatable bonds is 5. The Hall–Kier alpha value is -2.66. The topological polar surface area (TPSA) is 66.5 Å². The normalized spacial score (nSPS) is 16.8. The summed E-state index contributed by atoms with van der Waals surface area (Å²) in [5.41, 5.74) is 1.18. The highest BCUT2D eigenvalue weighted by atomic mass is 35.5. The summed E-state index contributed by atoms with van der Waals surface area (Å²) in [7, 11) is 0. The Morgan fingerprint density at radius 1 is 1.08 bits per heavy atom. The van der Waals surface area contributed by atoms with Crippen molar-refractivity contribution in [3.63, 3.8) is 0 Å². The zero-order valence-corrected chi connectivity index (χ0v) is 14.2. The van der Waals surface area contributed by atoms with Gasteiger partial charge in [-0.15, -0.1) is 0 Å². The van der Waals surface area contributed by atoms with Gasteiger partial charge in [-0.1, -0.05) is 60.1 Å². The molecule has 0 spiro atoms. The van der Waals surface area contributed by atoms with Crippen LogP contribution in [0.4, 0.5) is 0 Å². The summed E-state index contributed by atoms with van der Waals surface area (Å²) in [6, 6.07) is 15.3. The first-order chi connectivity index (χ1) is 12.0. The highest BCUT2D eigenvalue weighted by Crippen LogP contribution is 2.20. The number of hydrogen-bond donors (Lipinski definition) is 1. The van der Waals surface area contributed by atoms with E-state index >= 15 is 0 Å². The fraction of sp³-hybridized carbons (Fsp3) is 0.211. The molecule has 1 aliphatic heterocycles. The average Bonchev–Trinajstić information content (AvgIpc) is 2.96. The van der Waals surface area contributed by atoms with Gasteiger partial charge in [0.05, 0.1) is 6.04 Å². The van der Waals surface area contributed by atoms with E-state index in [4.69, 9.17) is 11.6 Å². The molecular weight excluding hydrogens is 340 g/mol. The number of carbonyl (C=O) groups is 3. The molecule has 0 saturated carbocycles. The van der Waals surface area contributed by atoms with Gasteiger partial charge in [0.1, 0.15) is 0 Å². The first-order valence-corrected chi connectivity index (χ1v) is 8.34. The lowest BCUT2D eigenvalue weighted by atomic mass is 10.1. The van der Waals surface area contributed by atoms with Crippen molar-refractivity contribution in [3.8, 4) is 0 Å². The van der Waals surface area contributed by atoms with Crippen molar-refractivity contribution in [2.24, 2.45) is 0 Å². The Kier molecular flexibility index (Phi) is 5.14. The number of nitrogens with zero attached hydrogens (tertiary/aromatic N) is 1. The Balaban J connectivity index is 1.60. The van der Waals surface area contributed by atoms with Crippen molar-refractivity contribution in [3.05, 3.63) is 70.7 Å². The zero-order valence-electron chi connectivity index (χ0n) is 13.4. The van der Waals surface area contributed by atoms with Crippen LogP contribution in [0, 0.1) is 0 Å². The van der Waals surface area contributed by atoms with E-state index in [-0.39, 0.29) is 18.4 Å². The number of likely N-dealkylation sites (tertiary alicyclic amines) is 1. The molecule has 1 N–H and O–H groups in total. The largest absolute Gasteiger partial charge is 0.344 e. The molecule has 1 heterocycles. The number of hydrogen-bond acceptors (Lipinski definition) is 3. The van der Waals surface area contributed by atoms with E-state index in [2.05, 4.69) is 5.32 Å². The molecule has 2 aromatic rings. The SMILES string of the molecule is O=C(N[C@H]1CC(=O)N(Cc2ccccc2Cl)C1)C(=O)c1ccccc1. The van der Waals surface area contributed by atoms with Crippen LogP contribution in [0.15, 0.2) is 54.6 Å². The van der Waals surface area contributed by atoms with Gasteiger partial charge in [0.2, 0.25) is 11.7 Å². The van der Waals surface area contributed by atoms with E-state index in [0.717, 1.165) is 5.56 Å². The minimum absolute atomic E-state index is 0.0719. The lowest BCUT2D eigenvalue weighted by Gasteiger charge is -2.17. The third kappa shape index (κ3) is 4.06. The van der Waals surface area contributed by atoms with Gasteiger partial charge in [-0.05, 0) is 11.6 Å². The standard InChI is InChI=1S/C19H17ClN2O3/c20-16-9-5-4-8-14(16)11-22-12-15(10-17(22)23)21-19(25)18(24)13-6-2-1-3-7-13/h1-9,15H,10-12H2,(H,21,25)/t15-/m0/s1. The smallest absolute Gasteiger partial charge is 0.292 e. The molecule has 128 valence electrons. The molecular formula is C19H17ClN2O3. The van der Waals surface area contributed by atoms with Gasteiger partial charge >= 0.3 is 0 Å². The van der Waals surface area contributed by atoms with Gasteiger partial charge in [-0.2, -0.15) is 0 Å². The zero-order chi connectivity index (χ0) is 17.8. The number of Topliss-reactive ketones (excluding diaryl/α,β-unsaturated/α-hetero) is 1. The van der Waals surface area contributed by atoms with E-state index < -0.39 is 11.7 Å². The molecule has 1 fully saturated rings. The second kappa shape index (κ2) is 7.49. The summed E-state index contributed by atoms with van der Waals surface area (Å²) in [6.45, 7) is 0.745. The first-order valence-electron chi connectivity index (χ1n) is 7.96. The molecule has 0 bridgehead atoms. The Morgan fingerprint density at radius 2 is 1.76 bits per heavy atom. The number of amides is 2. The lowest BCUT2D eigenvalue weighted by Crippen LogP contribution is -2.40. The van der Waals surface area contributed by atoms with Gasteiger partial charge in [-0.3, -0.25) is 14.4 Å². The molecule has 2 aromatic carbocycles. The van der Waals surface area contributed by atoms with Crippen LogP contribution >= 0.6 is 11.6 Å². The summed E-state index contributed by atoms with van der Waals surface area (Å²) < 4.78 is 0. The minimum atomic E-state index is -0.691. The summed E-state index contributed by atoms with van der Waals surface area (Å²) in [6.07, 6.45) is 0.179. The van der Waals surface area contributed by atoms with Gasteiger partial charge < -0.3 is 10.2 Å². The molecule has 2 amide bonds.